The summed E-state index contributed by atoms with van der Waals surface area (Å²) in [7, 11) is 1.70. The fourth-order valence-electron chi connectivity index (χ4n) is 2.92. The molecule has 1 aromatic carbocycles. The normalized spacial score (nSPS) is 17.2. The van der Waals surface area contributed by atoms with E-state index < -0.39 is 0 Å². The van der Waals surface area contributed by atoms with E-state index in [1.165, 1.54) is 56.2 Å². The van der Waals surface area contributed by atoms with Gasteiger partial charge < -0.3 is 14.8 Å². The Labute approximate surface area is 129 Å². The molecule has 1 aliphatic rings. The lowest BCUT2D eigenvalue weighted by atomic mass is 9.96. The molecule has 1 aromatic rings. The van der Waals surface area contributed by atoms with Crippen LogP contribution in [0.3, 0.4) is 0 Å². The number of hydrogen-bond acceptors (Lipinski definition) is 3. The molecule has 21 heavy (non-hydrogen) atoms. The topological polar surface area (TPSA) is 30.5 Å². The minimum Gasteiger partial charge on any atom is -0.382 e. The standard InChI is InChI=1S/C18H29NO2/c1-20-12-13-21-15-16-8-7-11-18(14-16)19-17-9-5-3-2-4-6-10-17/h7-8,11,14,17,19H,2-6,9-10,12-13,15H2,1H3. The van der Waals surface area contributed by atoms with Gasteiger partial charge in [0, 0.05) is 18.8 Å². The number of ether oxygens (including phenoxy) is 2. The van der Waals surface area contributed by atoms with Gasteiger partial charge in [0.15, 0.2) is 0 Å². The summed E-state index contributed by atoms with van der Waals surface area (Å²) in [5.74, 6) is 0. The molecule has 118 valence electrons. The molecule has 0 amide bonds. The Bertz CT molecular complexity index is 387. The maximum atomic E-state index is 5.59. The minimum atomic E-state index is 0.634. The maximum absolute atomic E-state index is 5.59. The Kier molecular flexibility index (Phi) is 7.61. The molecule has 3 heteroatoms. The van der Waals surface area contributed by atoms with Crippen LogP contribution in [0.1, 0.15) is 50.5 Å². The van der Waals surface area contributed by atoms with Gasteiger partial charge in [0.05, 0.1) is 19.8 Å². The third kappa shape index (κ3) is 6.49. The van der Waals surface area contributed by atoms with Crippen molar-refractivity contribution in [3.8, 4) is 0 Å². The van der Waals surface area contributed by atoms with E-state index in [0.29, 0.717) is 25.9 Å². The van der Waals surface area contributed by atoms with Crippen LogP contribution in [0.4, 0.5) is 5.69 Å². The molecule has 0 atom stereocenters. The first kappa shape index (κ1) is 16.3. The van der Waals surface area contributed by atoms with Gasteiger partial charge in [-0.3, -0.25) is 0 Å². The number of nitrogens with one attached hydrogen (secondary N) is 1. The first-order chi connectivity index (χ1) is 10.4. The highest BCUT2D eigenvalue weighted by Gasteiger charge is 2.11. The van der Waals surface area contributed by atoms with Crippen LogP contribution in [0, 0.1) is 0 Å². The van der Waals surface area contributed by atoms with Crippen molar-refractivity contribution >= 4 is 5.69 Å². The van der Waals surface area contributed by atoms with E-state index in [1.807, 2.05) is 0 Å². The zero-order chi connectivity index (χ0) is 14.8. The molecule has 0 radical (unpaired) electrons. The Morgan fingerprint density at radius 3 is 2.57 bits per heavy atom. The van der Waals surface area contributed by atoms with Crippen LogP contribution >= 0.6 is 0 Å². The highest BCUT2D eigenvalue weighted by Crippen LogP contribution is 2.21. The Hall–Kier alpha value is -1.06. The summed E-state index contributed by atoms with van der Waals surface area (Å²) < 4.78 is 10.6. The van der Waals surface area contributed by atoms with E-state index in [9.17, 15) is 0 Å². The van der Waals surface area contributed by atoms with Gasteiger partial charge in [0.2, 0.25) is 0 Å². The van der Waals surface area contributed by atoms with Crippen molar-refractivity contribution in [3.05, 3.63) is 29.8 Å². The van der Waals surface area contributed by atoms with Gasteiger partial charge in [0.1, 0.15) is 0 Å². The molecule has 0 aromatic heterocycles. The molecule has 1 aliphatic carbocycles. The molecule has 2 rings (SSSR count). The van der Waals surface area contributed by atoms with E-state index in [1.54, 1.807) is 7.11 Å². The van der Waals surface area contributed by atoms with Crippen molar-refractivity contribution in [2.45, 2.75) is 57.6 Å². The lowest BCUT2D eigenvalue weighted by Gasteiger charge is -2.22. The van der Waals surface area contributed by atoms with Crippen LogP contribution in [-0.4, -0.2) is 26.4 Å². The number of methoxy groups -OCH3 is 1. The van der Waals surface area contributed by atoms with E-state index in [-0.39, 0.29) is 0 Å². The van der Waals surface area contributed by atoms with Crippen molar-refractivity contribution in [2.75, 3.05) is 25.6 Å². The molecular weight excluding hydrogens is 262 g/mol. The smallest absolute Gasteiger partial charge is 0.0718 e. The third-order valence-corrected chi connectivity index (χ3v) is 4.10. The predicted octanol–water partition coefficient (Wildman–Crippen LogP) is 4.37. The molecule has 0 bridgehead atoms. The van der Waals surface area contributed by atoms with Crippen LogP contribution in [0.5, 0.6) is 0 Å². The van der Waals surface area contributed by atoms with Gasteiger partial charge in [-0.1, -0.05) is 44.2 Å². The van der Waals surface area contributed by atoms with Gasteiger partial charge >= 0.3 is 0 Å². The second-order valence-corrected chi connectivity index (χ2v) is 5.93. The quantitative estimate of drug-likeness (QED) is 0.756. The number of anilines is 1. The SMILES string of the molecule is COCCOCc1cccc(NC2CCCCCCC2)c1. The fraction of sp³-hybridized carbons (Fsp3) is 0.667. The first-order valence-electron chi connectivity index (χ1n) is 8.30. The monoisotopic (exact) mass is 291 g/mol. The number of hydrogen-bond donors (Lipinski definition) is 1. The molecule has 0 aliphatic heterocycles. The zero-order valence-corrected chi connectivity index (χ0v) is 13.3. The van der Waals surface area contributed by atoms with Gasteiger partial charge in [-0.25, -0.2) is 0 Å². The van der Waals surface area contributed by atoms with Crippen LogP contribution in [0.15, 0.2) is 24.3 Å². The largest absolute Gasteiger partial charge is 0.382 e. The Morgan fingerprint density at radius 2 is 1.81 bits per heavy atom. The number of benzene rings is 1. The van der Waals surface area contributed by atoms with Crippen LogP contribution in [0.25, 0.3) is 0 Å². The van der Waals surface area contributed by atoms with Crippen LogP contribution < -0.4 is 5.32 Å². The minimum absolute atomic E-state index is 0.634. The average molecular weight is 291 g/mol. The molecule has 1 N–H and O–H groups in total. The predicted molar refractivity (Wildman–Crippen MR) is 87.7 cm³/mol. The van der Waals surface area contributed by atoms with Crippen LogP contribution in [0.2, 0.25) is 0 Å². The van der Waals surface area contributed by atoms with E-state index in [4.69, 9.17) is 9.47 Å². The summed E-state index contributed by atoms with van der Waals surface area (Å²) >= 11 is 0. The van der Waals surface area contributed by atoms with Crippen molar-refractivity contribution in [3.63, 3.8) is 0 Å². The summed E-state index contributed by atoms with van der Waals surface area (Å²) in [6.07, 6.45) is 9.52. The molecule has 3 nitrogen and oxygen atoms in total. The zero-order valence-electron chi connectivity index (χ0n) is 13.3. The molecule has 0 heterocycles. The van der Waals surface area contributed by atoms with Crippen molar-refractivity contribution in [1.29, 1.82) is 0 Å². The summed E-state index contributed by atoms with van der Waals surface area (Å²) in [5.41, 5.74) is 2.45. The summed E-state index contributed by atoms with van der Waals surface area (Å²) in [4.78, 5) is 0. The third-order valence-electron chi connectivity index (χ3n) is 4.10. The maximum Gasteiger partial charge on any atom is 0.0718 e. The molecule has 0 saturated heterocycles. The second kappa shape index (κ2) is 9.80. The van der Waals surface area contributed by atoms with Crippen LogP contribution in [-0.2, 0) is 16.1 Å². The first-order valence-corrected chi connectivity index (χ1v) is 8.30. The average Bonchev–Trinajstić information content (AvgIpc) is 2.47. The number of rotatable bonds is 7. The van der Waals surface area contributed by atoms with Crippen molar-refractivity contribution in [2.24, 2.45) is 0 Å². The van der Waals surface area contributed by atoms with Crippen molar-refractivity contribution in [1.82, 2.24) is 0 Å². The van der Waals surface area contributed by atoms with Gasteiger partial charge in [0.25, 0.3) is 0 Å². The highest BCUT2D eigenvalue weighted by atomic mass is 16.5. The lowest BCUT2D eigenvalue weighted by molar-refractivity contribution is 0.0617. The fourth-order valence-corrected chi connectivity index (χ4v) is 2.92. The van der Waals surface area contributed by atoms with E-state index in [2.05, 4.69) is 29.6 Å². The molecule has 0 unspecified atom stereocenters. The van der Waals surface area contributed by atoms with E-state index >= 15 is 0 Å². The summed E-state index contributed by atoms with van der Waals surface area (Å²) in [5, 5.41) is 3.71. The Morgan fingerprint density at radius 1 is 1.05 bits per heavy atom. The highest BCUT2D eigenvalue weighted by molar-refractivity contribution is 5.46. The Balaban J connectivity index is 1.81. The van der Waals surface area contributed by atoms with Gasteiger partial charge in [-0.05, 0) is 30.5 Å². The molecule has 0 spiro atoms. The summed E-state index contributed by atoms with van der Waals surface area (Å²) in [6.45, 7) is 1.96. The van der Waals surface area contributed by atoms with E-state index in [0.717, 1.165) is 0 Å². The molecular formula is C18H29NO2. The summed E-state index contributed by atoms with van der Waals surface area (Å²) in [6, 6.07) is 9.24. The molecule has 1 saturated carbocycles. The molecule has 1 fully saturated rings. The second-order valence-electron chi connectivity index (χ2n) is 5.93. The lowest BCUT2D eigenvalue weighted by Crippen LogP contribution is -2.20. The van der Waals surface area contributed by atoms with Gasteiger partial charge in [-0.2, -0.15) is 0 Å². The van der Waals surface area contributed by atoms with Crippen molar-refractivity contribution < 1.29 is 9.47 Å². The van der Waals surface area contributed by atoms with Gasteiger partial charge in [-0.15, -0.1) is 0 Å².